The van der Waals surface area contributed by atoms with Crippen LogP contribution in [0.1, 0.15) is 39.0 Å². The second-order valence-electron chi connectivity index (χ2n) is 9.86. The van der Waals surface area contributed by atoms with Gasteiger partial charge in [0.2, 0.25) is 0 Å². The van der Waals surface area contributed by atoms with E-state index in [1.807, 2.05) is 36.5 Å². The van der Waals surface area contributed by atoms with E-state index in [4.69, 9.17) is 11.6 Å². The smallest absolute Gasteiger partial charge is 0.124 e. The fourth-order valence-corrected chi connectivity index (χ4v) is 6.09. The lowest BCUT2D eigenvalue weighted by atomic mass is 9.63. The van der Waals surface area contributed by atoms with Gasteiger partial charge in [0.1, 0.15) is 5.82 Å². The first-order chi connectivity index (χ1) is 16.0. The molecule has 5 heteroatoms. The molecular weight excluding hydrogens is 433 g/mol. The highest BCUT2D eigenvalue weighted by Crippen LogP contribution is 2.50. The number of halogens is 2. The number of anilines is 2. The standard InChI is InChI=1S/C28H31ClFN3/c1-3-24(19(2)32-23-7-4-21(29)5-8-23)20-10-13-28(14-11-20)17-33(18-28)27-12-15-31-26-9-6-22(30)16-25(26)27/h4-9,12,15-16,20,24,32H,2-3,10-11,13-14,17-18H2,1H3. The summed E-state index contributed by atoms with van der Waals surface area (Å²) in [6.45, 7) is 8.76. The minimum Gasteiger partial charge on any atom is -0.370 e. The molecule has 0 bridgehead atoms. The largest absolute Gasteiger partial charge is 0.370 e. The van der Waals surface area contributed by atoms with Crippen LogP contribution in [0.2, 0.25) is 5.02 Å². The van der Waals surface area contributed by atoms with E-state index in [0.717, 1.165) is 52.5 Å². The summed E-state index contributed by atoms with van der Waals surface area (Å²) in [5.41, 5.74) is 4.52. The highest BCUT2D eigenvalue weighted by molar-refractivity contribution is 6.30. The summed E-state index contributed by atoms with van der Waals surface area (Å²) >= 11 is 6.02. The van der Waals surface area contributed by atoms with E-state index in [9.17, 15) is 4.39 Å². The Morgan fingerprint density at radius 1 is 1.18 bits per heavy atom. The normalized spacial score (nSPS) is 18.8. The summed E-state index contributed by atoms with van der Waals surface area (Å²) in [5, 5.41) is 5.18. The van der Waals surface area contributed by atoms with Gasteiger partial charge in [0.05, 0.1) is 5.52 Å². The maximum Gasteiger partial charge on any atom is 0.124 e. The first-order valence-electron chi connectivity index (χ1n) is 12.0. The van der Waals surface area contributed by atoms with E-state index < -0.39 is 0 Å². The quantitative estimate of drug-likeness (QED) is 0.406. The molecule has 1 spiro atoms. The molecule has 1 N–H and O–H groups in total. The van der Waals surface area contributed by atoms with Crippen molar-refractivity contribution in [3.8, 4) is 0 Å². The van der Waals surface area contributed by atoms with Crippen molar-refractivity contribution < 1.29 is 4.39 Å². The number of rotatable bonds is 6. The average molecular weight is 464 g/mol. The average Bonchev–Trinajstić information content (AvgIpc) is 2.80. The van der Waals surface area contributed by atoms with Crippen LogP contribution in [0.3, 0.4) is 0 Å². The van der Waals surface area contributed by atoms with Gasteiger partial charge in [-0.25, -0.2) is 4.39 Å². The molecule has 1 atom stereocenters. The van der Waals surface area contributed by atoms with Gasteiger partial charge >= 0.3 is 0 Å². The third kappa shape index (κ3) is 4.46. The molecule has 0 amide bonds. The summed E-state index contributed by atoms with van der Waals surface area (Å²) < 4.78 is 13.9. The molecule has 1 aliphatic heterocycles. The summed E-state index contributed by atoms with van der Waals surface area (Å²) in [7, 11) is 0. The monoisotopic (exact) mass is 463 g/mol. The van der Waals surface area contributed by atoms with Crippen molar-refractivity contribution in [2.75, 3.05) is 23.3 Å². The first-order valence-corrected chi connectivity index (χ1v) is 12.3. The SMILES string of the molecule is C=C(Nc1ccc(Cl)cc1)C(CC)C1CCC2(CC1)CN(c1ccnc3ccc(F)cc13)C2. The molecule has 1 saturated heterocycles. The first kappa shape index (κ1) is 22.2. The van der Waals surface area contributed by atoms with Gasteiger partial charge in [0, 0.05) is 58.1 Å². The molecule has 2 fully saturated rings. The molecule has 2 aromatic carbocycles. The number of nitrogens with zero attached hydrogens (tertiary/aromatic N) is 2. The predicted octanol–water partition coefficient (Wildman–Crippen LogP) is 7.68. The van der Waals surface area contributed by atoms with Gasteiger partial charge in [-0.15, -0.1) is 0 Å². The number of pyridine rings is 1. The van der Waals surface area contributed by atoms with Crippen LogP contribution in [0.15, 0.2) is 67.0 Å². The molecule has 172 valence electrons. The molecule has 5 rings (SSSR count). The number of hydrogen-bond donors (Lipinski definition) is 1. The molecule has 0 radical (unpaired) electrons. The van der Waals surface area contributed by atoms with Crippen LogP contribution in [-0.4, -0.2) is 18.1 Å². The van der Waals surface area contributed by atoms with E-state index >= 15 is 0 Å². The van der Waals surface area contributed by atoms with Crippen molar-refractivity contribution in [1.82, 2.24) is 4.98 Å². The molecule has 2 heterocycles. The van der Waals surface area contributed by atoms with E-state index in [-0.39, 0.29) is 5.82 Å². The lowest BCUT2D eigenvalue weighted by Gasteiger charge is -2.55. The van der Waals surface area contributed by atoms with Crippen molar-refractivity contribution >= 4 is 33.9 Å². The van der Waals surface area contributed by atoms with Crippen LogP contribution < -0.4 is 10.2 Å². The van der Waals surface area contributed by atoms with Crippen LogP contribution in [0.5, 0.6) is 0 Å². The lowest BCUT2D eigenvalue weighted by molar-refractivity contribution is 0.0926. The maximum atomic E-state index is 13.9. The minimum absolute atomic E-state index is 0.203. The Morgan fingerprint density at radius 2 is 1.91 bits per heavy atom. The van der Waals surface area contributed by atoms with Crippen LogP contribution in [0.4, 0.5) is 15.8 Å². The van der Waals surface area contributed by atoms with Crippen molar-refractivity contribution in [2.24, 2.45) is 17.3 Å². The Balaban J connectivity index is 1.20. The van der Waals surface area contributed by atoms with E-state index in [0.29, 0.717) is 17.3 Å². The van der Waals surface area contributed by atoms with Gasteiger partial charge < -0.3 is 10.2 Å². The summed E-state index contributed by atoms with van der Waals surface area (Å²) in [4.78, 5) is 6.81. The zero-order chi connectivity index (χ0) is 23.0. The van der Waals surface area contributed by atoms with Crippen molar-refractivity contribution in [1.29, 1.82) is 0 Å². The number of hydrogen-bond acceptors (Lipinski definition) is 3. The van der Waals surface area contributed by atoms with Crippen molar-refractivity contribution in [2.45, 2.75) is 39.0 Å². The molecule has 1 aliphatic carbocycles. The lowest BCUT2D eigenvalue weighted by Crippen LogP contribution is -2.58. The van der Waals surface area contributed by atoms with Gasteiger partial charge in [-0.3, -0.25) is 4.98 Å². The van der Waals surface area contributed by atoms with Gasteiger partial charge in [-0.05, 0) is 86.6 Å². The van der Waals surface area contributed by atoms with E-state index in [2.05, 4.69) is 28.7 Å². The summed E-state index contributed by atoms with van der Waals surface area (Å²) in [5.74, 6) is 0.935. The van der Waals surface area contributed by atoms with Crippen LogP contribution in [-0.2, 0) is 0 Å². The molecule has 33 heavy (non-hydrogen) atoms. The Morgan fingerprint density at radius 3 is 2.61 bits per heavy atom. The number of allylic oxidation sites excluding steroid dienone is 1. The highest BCUT2D eigenvalue weighted by Gasteiger charge is 2.46. The fourth-order valence-electron chi connectivity index (χ4n) is 5.96. The fraction of sp³-hybridized carbons (Fsp3) is 0.393. The van der Waals surface area contributed by atoms with Crippen LogP contribution in [0.25, 0.3) is 10.9 Å². The second-order valence-corrected chi connectivity index (χ2v) is 10.3. The summed E-state index contributed by atoms with van der Waals surface area (Å²) in [6, 6.07) is 14.7. The van der Waals surface area contributed by atoms with E-state index in [1.54, 1.807) is 12.1 Å². The third-order valence-corrected chi connectivity index (χ3v) is 8.02. The van der Waals surface area contributed by atoms with Crippen molar-refractivity contribution in [3.63, 3.8) is 0 Å². The molecule has 1 unspecified atom stereocenters. The second kappa shape index (κ2) is 8.98. The molecule has 1 saturated carbocycles. The number of benzene rings is 2. The highest BCUT2D eigenvalue weighted by atomic mass is 35.5. The number of aromatic nitrogens is 1. The number of nitrogens with one attached hydrogen (secondary N) is 1. The van der Waals surface area contributed by atoms with Crippen molar-refractivity contribution in [3.05, 3.63) is 77.8 Å². The van der Waals surface area contributed by atoms with Crippen LogP contribution in [0, 0.1) is 23.1 Å². The van der Waals surface area contributed by atoms with Gasteiger partial charge in [0.15, 0.2) is 0 Å². The zero-order valence-electron chi connectivity index (χ0n) is 19.2. The third-order valence-electron chi connectivity index (χ3n) is 7.77. The number of fused-ring (bicyclic) bond motifs is 1. The Kier molecular flexibility index (Phi) is 6.05. The van der Waals surface area contributed by atoms with Gasteiger partial charge in [-0.1, -0.05) is 25.1 Å². The Bertz CT molecular complexity index is 1140. The Labute approximate surface area is 200 Å². The van der Waals surface area contributed by atoms with Crippen LogP contribution >= 0.6 is 11.6 Å². The topological polar surface area (TPSA) is 28.2 Å². The maximum absolute atomic E-state index is 13.9. The van der Waals surface area contributed by atoms with E-state index in [1.165, 1.54) is 31.7 Å². The molecule has 3 aromatic rings. The van der Waals surface area contributed by atoms with Gasteiger partial charge in [-0.2, -0.15) is 0 Å². The van der Waals surface area contributed by atoms with Gasteiger partial charge in [0.25, 0.3) is 0 Å². The molecule has 3 nitrogen and oxygen atoms in total. The zero-order valence-corrected chi connectivity index (χ0v) is 19.9. The molecule has 2 aliphatic rings. The predicted molar refractivity (Wildman–Crippen MR) is 136 cm³/mol. The summed E-state index contributed by atoms with van der Waals surface area (Å²) in [6.07, 6.45) is 7.89. The minimum atomic E-state index is -0.203. The Hall–Kier alpha value is -2.59. The molecular formula is C28H31ClFN3. The molecule has 1 aromatic heterocycles.